The van der Waals surface area contributed by atoms with E-state index in [1.807, 2.05) is 30.3 Å². The molecule has 2 aliphatic rings. The zero-order chi connectivity index (χ0) is 17.4. The van der Waals surface area contributed by atoms with Gasteiger partial charge in [0.15, 0.2) is 0 Å². The molecule has 5 heteroatoms. The average Bonchev–Trinajstić information content (AvgIpc) is 3.19. The molecule has 1 fully saturated rings. The molecule has 2 N–H and O–H groups in total. The Morgan fingerprint density at radius 1 is 1.24 bits per heavy atom. The van der Waals surface area contributed by atoms with Crippen LogP contribution in [0.4, 0.5) is 0 Å². The van der Waals surface area contributed by atoms with E-state index >= 15 is 0 Å². The zero-order valence-corrected chi connectivity index (χ0v) is 14.8. The van der Waals surface area contributed by atoms with Gasteiger partial charge in [-0.05, 0) is 44.6 Å². The molecule has 4 rings (SSSR count). The van der Waals surface area contributed by atoms with Crippen molar-refractivity contribution in [2.75, 3.05) is 13.1 Å². The van der Waals surface area contributed by atoms with Gasteiger partial charge >= 0.3 is 0 Å². The summed E-state index contributed by atoms with van der Waals surface area (Å²) in [4.78, 5) is 19.2. The summed E-state index contributed by atoms with van der Waals surface area (Å²) < 4.78 is 2.44. The van der Waals surface area contributed by atoms with Gasteiger partial charge in [-0.2, -0.15) is 0 Å². The molecule has 2 aromatic rings. The lowest BCUT2D eigenvalue weighted by Gasteiger charge is -2.26. The van der Waals surface area contributed by atoms with E-state index in [2.05, 4.69) is 16.4 Å². The first kappa shape index (κ1) is 16.3. The molecule has 5 nitrogen and oxygen atoms in total. The number of hydrogen-bond acceptors (Lipinski definition) is 3. The second-order valence-electron chi connectivity index (χ2n) is 7.28. The number of imidazole rings is 1. The molecule has 0 radical (unpaired) electrons. The van der Waals surface area contributed by atoms with E-state index < -0.39 is 0 Å². The van der Waals surface area contributed by atoms with Gasteiger partial charge in [0.05, 0.1) is 5.69 Å². The molecule has 1 aliphatic heterocycles. The molecule has 0 spiro atoms. The highest BCUT2D eigenvalue weighted by atomic mass is 16.1. The van der Waals surface area contributed by atoms with Crippen molar-refractivity contribution in [2.45, 2.75) is 51.1 Å². The minimum absolute atomic E-state index is 0.267. The summed E-state index contributed by atoms with van der Waals surface area (Å²) in [5, 5.41) is 0. The summed E-state index contributed by atoms with van der Waals surface area (Å²) in [5.41, 5.74) is 9.45. The average molecular weight is 338 g/mol. The van der Waals surface area contributed by atoms with Crippen LogP contribution in [0.1, 0.15) is 54.1 Å². The molecule has 1 aromatic heterocycles. The number of primary amides is 1. The van der Waals surface area contributed by atoms with E-state index in [0.717, 1.165) is 43.7 Å². The van der Waals surface area contributed by atoms with E-state index in [4.69, 9.17) is 10.7 Å². The summed E-state index contributed by atoms with van der Waals surface area (Å²) in [7, 11) is 0. The van der Waals surface area contributed by atoms with Gasteiger partial charge in [0.25, 0.3) is 0 Å². The largest absolute Gasteiger partial charge is 0.368 e. The normalized spacial score (nSPS) is 21.9. The number of rotatable bonds is 4. The van der Waals surface area contributed by atoms with Crippen LogP contribution >= 0.6 is 0 Å². The quantitative estimate of drug-likeness (QED) is 0.932. The monoisotopic (exact) mass is 338 g/mol. The number of carbonyl (C=O) groups excluding carboxylic acids is 1. The highest BCUT2D eigenvalue weighted by Gasteiger charge is 2.35. The number of fused-ring (bicyclic) bond motifs is 1. The van der Waals surface area contributed by atoms with Gasteiger partial charge in [0.1, 0.15) is 11.9 Å². The molecule has 1 aromatic carbocycles. The highest BCUT2D eigenvalue weighted by molar-refractivity contribution is 5.81. The predicted octanol–water partition coefficient (Wildman–Crippen LogP) is 2.54. The lowest BCUT2D eigenvalue weighted by atomic mass is 10.0. The Bertz CT molecular complexity index is 768. The maximum atomic E-state index is 12.1. The molecule has 132 valence electrons. The molecular formula is C20H26N4O. The first-order valence-electron chi connectivity index (χ1n) is 9.30. The van der Waals surface area contributed by atoms with Crippen LogP contribution in [0.25, 0.3) is 0 Å². The molecule has 1 amide bonds. The van der Waals surface area contributed by atoms with Crippen molar-refractivity contribution in [2.24, 2.45) is 5.73 Å². The van der Waals surface area contributed by atoms with Crippen LogP contribution in [-0.2, 0) is 17.6 Å². The van der Waals surface area contributed by atoms with Gasteiger partial charge in [-0.25, -0.2) is 4.98 Å². The second-order valence-corrected chi connectivity index (χ2v) is 7.28. The topological polar surface area (TPSA) is 64.2 Å². The minimum atomic E-state index is -0.342. The van der Waals surface area contributed by atoms with Crippen LogP contribution in [0.5, 0.6) is 0 Å². The Balaban J connectivity index is 1.59. The molecule has 1 aliphatic carbocycles. The van der Waals surface area contributed by atoms with Crippen molar-refractivity contribution in [3.8, 4) is 0 Å². The zero-order valence-electron chi connectivity index (χ0n) is 14.8. The number of likely N-dealkylation sites (tertiary alicyclic amines) is 1. The number of nitrogens with zero attached hydrogens (tertiary/aromatic N) is 3. The van der Waals surface area contributed by atoms with E-state index in [-0.39, 0.29) is 11.9 Å². The summed E-state index contributed by atoms with van der Waals surface area (Å²) in [6, 6.07) is 9.94. The standard InChI is InChI=1S/C20H26N4O/c1-14-22-17-9-5-6-10-18(17)24(14)16-11-12-23(13-16)19(20(21)25)15-7-3-2-4-8-15/h2-4,7-8,16,19H,5-6,9-13H2,1H3,(H2,21,25)/t16-,19-/m1/s1. The van der Waals surface area contributed by atoms with E-state index in [9.17, 15) is 4.79 Å². The highest BCUT2D eigenvalue weighted by Crippen LogP contribution is 2.34. The first-order valence-corrected chi connectivity index (χ1v) is 9.30. The van der Waals surface area contributed by atoms with Crippen LogP contribution in [-0.4, -0.2) is 33.4 Å². The lowest BCUT2D eigenvalue weighted by Crippen LogP contribution is -2.36. The number of hydrogen-bond donors (Lipinski definition) is 1. The Labute approximate surface area is 148 Å². The smallest absolute Gasteiger partial charge is 0.239 e. The fourth-order valence-electron chi connectivity index (χ4n) is 4.59. The van der Waals surface area contributed by atoms with E-state index in [1.165, 1.54) is 24.2 Å². The molecular weight excluding hydrogens is 312 g/mol. The van der Waals surface area contributed by atoms with Crippen LogP contribution in [0.2, 0.25) is 0 Å². The Morgan fingerprint density at radius 3 is 2.76 bits per heavy atom. The van der Waals surface area contributed by atoms with Gasteiger partial charge in [-0.1, -0.05) is 30.3 Å². The molecule has 0 unspecified atom stereocenters. The molecule has 2 atom stereocenters. The van der Waals surface area contributed by atoms with Gasteiger partial charge in [0.2, 0.25) is 5.91 Å². The van der Waals surface area contributed by atoms with Crippen molar-refractivity contribution in [3.05, 3.63) is 53.1 Å². The third-order valence-electron chi connectivity index (χ3n) is 5.66. The second kappa shape index (κ2) is 6.64. The lowest BCUT2D eigenvalue weighted by molar-refractivity contribution is -0.123. The van der Waals surface area contributed by atoms with Crippen molar-refractivity contribution in [1.29, 1.82) is 0 Å². The molecule has 25 heavy (non-hydrogen) atoms. The Morgan fingerprint density at radius 2 is 2.00 bits per heavy atom. The third-order valence-corrected chi connectivity index (χ3v) is 5.66. The number of amides is 1. The fraction of sp³-hybridized carbons (Fsp3) is 0.500. The van der Waals surface area contributed by atoms with Crippen molar-refractivity contribution >= 4 is 5.91 Å². The Hall–Kier alpha value is -2.14. The van der Waals surface area contributed by atoms with E-state index in [1.54, 1.807) is 0 Å². The number of nitrogens with two attached hydrogens (primary N) is 1. The maximum Gasteiger partial charge on any atom is 0.239 e. The fourth-order valence-corrected chi connectivity index (χ4v) is 4.59. The van der Waals surface area contributed by atoms with Crippen LogP contribution in [0.15, 0.2) is 30.3 Å². The number of benzene rings is 1. The first-order chi connectivity index (χ1) is 12.1. The summed E-state index contributed by atoms with van der Waals surface area (Å²) >= 11 is 0. The molecule has 1 saturated heterocycles. The van der Waals surface area contributed by atoms with Gasteiger partial charge in [-0.15, -0.1) is 0 Å². The van der Waals surface area contributed by atoms with E-state index in [0.29, 0.717) is 6.04 Å². The number of aryl methyl sites for hydroxylation is 2. The SMILES string of the molecule is Cc1nc2c(n1[C@@H]1CCN([C@@H](C(N)=O)c3ccccc3)C1)CCCC2. The van der Waals surface area contributed by atoms with Gasteiger partial charge in [0, 0.05) is 24.8 Å². The number of aromatic nitrogens is 2. The third kappa shape index (κ3) is 2.97. The van der Waals surface area contributed by atoms with Crippen molar-refractivity contribution in [3.63, 3.8) is 0 Å². The van der Waals surface area contributed by atoms with Crippen LogP contribution < -0.4 is 5.73 Å². The van der Waals surface area contributed by atoms with Crippen LogP contribution in [0, 0.1) is 6.92 Å². The van der Waals surface area contributed by atoms with Gasteiger partial charge < -0.3 is 10.3 Å². The van der Waals surface area contributed by atoms with Crippen LogP contribution in [0.3, 0.4) is 0 Å². The van der Waals surface area contributed by atoms with Crippen molar-refractivity contribution in [1.82, 2.24) is 14.5 Å². The summed E-state index contributed by atoms with van der Waals surface area (Å²) in [5.74, 6) is 0.852. The van der Waals surface area contributed by atoms with Crippen molar-refractivity contribution < 1.29 is 4.79 Å². The maximum absolute atomic E-state index is 12.1. The van der Waals surface area contributed by atoms with Gasteiger partial charge in [-0.3, -0.25) is 9.69 Å². The summed E-state index contributed by atoms with van der Waals surface area (Å²) in [6.07, 6.45) is 5.78. The minimum Gasteiger partial charge on any atom is -0.368 e. The summed E-state index contributed by atoms with van der Waals surface area (Å²) in [6.45, 7) is 3.86. The molecule has 2 heterocycles. The molecule has 0 saturated carbocycles. The Kier molecular flexibility index (Phi) is 4.34. The molecule has 0 bridgehead atoms. The predicted molar refractivity (Wildman–Crippen MR) is 97.2 cm³/mol. The number of carbonyl (C=O) groups is 1.